The highest BCUT2D eigenvalue weighted by Crippen LogP contribution is 2.37. The molecule has 4 aromatic carbocycles. The van der Waals surface area contributed by atoms with Crippen LogP contribution in [-0.2, 0) is 4.43 Å². The highest BCUT2D eigenvalue weighted by molar-refractivity contribution is 6.99. The molecule has 6 heteroatoms. The molecule has 2 atom stereocenters. The summed E-state index contributed by atoms with van der Waals surface area (Å²) in [5.41, 5.74) is 5.50. The summed E-state index contributed by atoms with van der Waals surface area (Å²) in [6.45, 7) is 6.96. The molecule has 0 fully saturated rings. The molecule has 0 aliphatic heterocycles. The molecule has 42 heavy (non-hydrogen) atoms. The number of phenolic OH excluding ortho intramolecular Hbond substituents is 1. The van der Waals surface area contributed by atoms with Gasteiger partial charge in [-0.1, -0.05) is 129 Å². The van der Waals surface area contributed by atoms with Crippen LogP contribution in [0.4, 0.5) is 0 Å². The molecule has 0 heterocycles. The van der Waals surface area contributed by atoms with Gasteiger partial charge in [-0.3, -0.25) is 0 Å². The fourth-order valence-electron chi connectivity index (χ4n) is 5.37. The average molecular weight is 599 g/mol. The summed E-state index contributed by atoms with van der Waals surface area (Å²) >= 11 is 6.25. The lowest BCUT2D eigenvalue weighted by Gasteiger charge is -2.43. The fourth-order valence-corrected chi connectivity index (χ4v) is 10.2. The van der Waals surface area contributed by atoms with E-state index >= 15 is 0 Å². The minimum absolute atomic E-state index is 0.0454. The normalized spacial score (nSPS) is 13.2. The summed E-state index contributed by atoms with van der Waals surface area (Å²) in [6.07, 6.45) is 0.753. The van der Waals surface area contributed by atoms with Crippen molar-refractivity contribution in [2.75, 3.05) is 6.61 Å². The minimum atomic E-state index is -2.82. The Bertz CT molecular complexity index is 1450. The zero-order valence-corrected chi connectivity index (χ0v) is 26.1. The summed E-state index contributed by atoms with van der Waals surface area (Å²) in [5.74, 6) is 0.0454. The number of halogens is 1. The number of hydrogen-bond donors (Lipinski definition) is 3. The molecule has 0 saturated carbocycles. The zero-order valence-electron chi connectivity index (χ0n) is 24.4. The van der Waals surface area contributed by atoms with Gasteiger partial charge in [0, 0.05) is 12.8 Å². The molecule has 4 aromatic rings. The van der Waals surface area contributed by atoms with E-state index < -0.39 is 20.5 Å². The molecule has 218 valence electrons. The molecule has 0 saturated heterocycles. The van der Waals surface area contributed by atoms with Crippen molar-refractivity contribution in [3.8, 4) is 5.75 Å². The van der Waals surface area contributed by atoms with Crippen molar-refractivity contribution in [1.29, 1.82) is 0 Å². The quantitative estimate of drug-likeness (QED) is 0.126. The predicted molar refractivity (Wildman–Crippen MR) is 174 cm³/mol. The standard InChI is InChI=1S/C36H39ClO4Si/c1-36(2,3)42(30-17-9-5-10-18-30,31-19-11-6-12-20-31)41-26-27(24-35(40)28-15-7-4-8-16-28)14-13-21-34(39)32-23-22-29(38)25-33(32)37/h4-13,15-20,22-23,25,34-35,38-40H,21,24,26H2,1-3H3/t14?,34-,35-/m1/s1. The number of aliphatic hydroxyl groups excluding tert-OH is 2. The topological polar surface area (TPSA) is 69.9 Å². The van der Waals surface area contributed by atoms with Crippen molar-refractivity contribution in [2.24, 2.45) is 0 Å². The van der Waals surface area contributed by atoms with Crippen LogP contribution < -0.4 is 10.4 Å². The smallest absolute Gasteiger partial charge is 0.261 e. The van der Waals surface area contributed by atoms with Gasteiger partial charge in [0.1, 0.15) is 5.75 Å². The van der Waals surface area contributed by atoms with Crippen LogP contribution in [0.1, 0.15) is 56.9 Å². The highest BCUT2D eigenvalue weighted by atomic mass is 35.5. The van der Waals surface area contributed by atoms with Crippen LogP contribution in [0, 0.1) is 0 Å². The van der Waals surface area contributed by atoms with Crippen molar-refractivity contribution in [3.05, 3.63) is 143 Å². The van der Waals surface area contributed by atoms with Gasteiger partial charge in [-0.2, -0.15) is 0 Å². The van der Waals surface area contributed by atoms with E-state index in [1.807, 2.05) is 42.5 Å². The number of aliphatic hydroxyl groups is 2. The summed E-state index contributed by atoms with van der Waals surface area (Å²) < 4.78 is 7.14. The monoisotopic (exact) mass is 598 g/mol. The maximum absolute atomic E-state index is 11.2. The van der Waals surface area contributed by atoms with Gasteiger partial charge in [-0.25, -0.2) is 0 Å². The number of rotatable bonds is 11. The van der Waals surface area contributed by atoms with E-state index in [-0.39, 0.29) is 23.8 Å². The van der Waals surface area contributed by atoms with Crippen LogP contribution in [0.3, 0.4) is 0 Å². The third-order valence-corrected chi connectivity index (χ3v) is 12.8. The Morgan fingerprint density at radius 3 is 1.90 bits per heavy atom. The Hall–Kier alpha value is -3.41. The molecular weight excluding hydrogens is 560 g/mol. The van der Waals surface area contributed by atoms with Crippen LogP contribution in [0.15, 0.2) is 127 Å². The molecule has 0 radical (unpaired) electrons. The molecule has 4 nitrogen and oxygen atoms in total. The summed E-state index contributed by atoms with van der Waals surface area (Å²) in [7, 11) is -2.82. The number of hydrogen-bond acceptors (Lipinski definition) is 4. The van der Waals surface area contributed by atoms with Crippen LogP contribution >= 0.6 is 11.6 Å². The average Bonchev–Trinajstić information content (AvgIpc) is 2.98. The van der Waals surface area contributed by atoms with Gasteiger partial charge in [-0.15, -0.1) is 5.73 Å². The maximum atomic E-state index is 11.2. The third kappa shape index (κ3) is 7.50. The van der Waals surface area contributed by atoms with Crippen molar-refractivity contribution in [2.45, 2.75) is 50.9 Å². The lowest BCUT2D eigenvalue weighted by Crippen LogP contribution is -2.66. The van der Waals surface area contributed by atoms with E-state index in [0.717, 1.165) is 11.1 Å². The molecule has 4 rings (SSSR count). The first-order chi connectivity index (χ1) is 20.1. The Kier molecular flexibility index (Phi) is 10.6. The maximum Gasteiger partial charge on any atom is 0.261 e. The zero-order chi connectivity index (χ0) is 30.2. The molecule has 0 aliphatic carbocycles. The second-order valence-corrected chi connectivity index (χ2v) is 16.2. The predicted octanol–water partition coefficient (Wildman–Crippen LogP) is 7.25. The van der Waals surface area contributed by atoms with E-state index in [0.29, 0.717) is 17.0 Å². The van der Waals surface area contributed by atoms with Crippen molar-refractivity contribution in [1.82, 2.24) is 0 Å². The fraction of sp³-hybridized carbons (Fsp3) is 0.250. The second kappa shape index (κ2) is 14.2. The van der Waals surface area contributed by atoms with Gasteiger partial charge in [0.15, 0.2) is 0 Å². The van der Waals surface area contributed by atoms with Gasteiger partial charge < -0.3 is 19.7 Å². The lowest BCUT2D eigenvalue weighted by atomic mass is 10.0. The summed E-state index contributed by atoms with van der Waals surface area (Å²) in [5, 5.41) is 34.1. The molecule has 0 amide bonds. The van der Waals surface area contributed by atoms with Gasteiger partial charge in [0.25, 0.3) is 8.32 Å². The molecule has 0 unspecified atom stereocenters. The first-order valence-corrected chi connectivity index (χ1v) is 16.5. The minimum Gasteiger partial charge on any atom is -0.508 e. The van der Waals surface area contributed by atoms with Gasteiger partial charge >= 0.3 is 0 Å². The molecule has 0 spiro atoms. The lowest BCUT2D eigenvalue weighted by molar-refractivity contribution is 0.173. The van der Waals surface area contributed by atoms with Crippen molar-refractivity contribution < 1.29 is 19.7 Å². The van der Waals surface area contributed by atoms with Crippen LogP contribution in [-0.4, -0.2) is 30.2 Å². The Morgan fingerprint density at radius 2 is 1.38 bits per heavy atom. The first-order valence-electron chi connectivity index (χ1n) is 14.2. The SMILES string of the molecule is CC(C)(C)[Si](OCC(=C=CC[C@@H](O)c1ccc(O)cc1Cl)C[C@@H](O)c1ccccc1)(c1ccccc1)c1ccccc1. The van der Waals surface area contributed by atoms with E-state index in [4.69, 9.17) is 16.0 Å². The third-order valence-electron chi connectivity index (χ3n) is 7.49. The van der Waals surface area contributed by atoms with Crippen LogP contribution in [0.25, 0.3) is 0 Å². The molecule has 0 bridgehead atoms. The Balaban J connectivity index is 1.70. The van der Waals surface area contributed by atoms with Crippen molar-refractivity contribution >= 4 is 30.3 Å². The van der Waals surface area contributed by atoms with E-state index in [9.17, 15) is 15.3 Å². The Morgan fingerprint density at radius 1 is 0.833 bits per heavy atom. The summed E-state index contributed by atoms with van der Waals surface area (Å²) in [6, 6.07) is 35.0. The number of benzene rings is 4. The highest BCUT2D eigenvalue weighted by Gasteiger charge is 2.50. The van der Waals surface area contributed by atoms with Gasteiger partial charge in [-0.05, 0) is 50.3 Å². The summed E-state index contributed by atoms with van der Waals surface area (Å²) in [4.78, 5) is 0. The van der Waals surface area contributed by atoms with Crippen molar-refractivity contribution in [3.63, 3.8) is 0 Å². The largest absolute Gasteiger partial charge is 0.508 e. The molecule has 0 aromatic heterocycles. The Labute approximate surface area is 255 Å². The van der Waals surface area contributed by atoms with Crippen LogP contribution in [0.2, 0.25) is 10.1 Å². The number of phenols is 1. The van der Waals surface area contributed by atoms with E-state index in [2.05, 4.69) is 75.0 Å². The molecule has 0 aliphatic rings. The van der Waals surface area contributed by atoms with Gasteiger partial charge in [0.05, 0.1) is 23.8 Å². The molecular formula is C36H39ClO4Si. The number of aromatic hydroxyl groups is 1. The second-order valence-electron chi connectivity index (χ2n) is 11.5. The van der Waals surface area contributed by atoms with Crippen LogP contribution in [0.5, 0.6) is 5.75 Å². The van der Waals surface area contributed by atoms with E-state index in [1.54, 1.807) is 12.1 Å². The molecule has 3 N–H and O–H groups in total. The van der Waals surface area contributed by atoms with E-state index in [1.165, 1.54) is 22.5 Å². The first kappa shape index (κ1) is 31.5. The van der Waals surface area contributed by atoms with Gasteiger partial charge in [0.2, 0.25) is 0 Å².